The molecule has 0 saturated carbocycles. The highest BCUT2D eigenvalue weighted by Crippen LogP contribution is 2.33. The quantitative estimate of drug-likeness (QED) is 0.885. The third kappa shape index (κ3) is 2.84. The number of rotatable bonds is 2. The zero-order valence-corrected chi connectivity index (χ0v) is 13.4. The van der Waals surface area contributed by atoms with E-state index in [0.29, 0.717) is 25.2 Å². The third-order valence-electron chi connectivity index (χ3n) is 4.37. The molecule has 0 radical (unpaired) electrons. The van der Waals surface area contributed by atoms with Gasteiger partial charge in [-0.3, -0.25) is 14.7 Å². The normalized spacial score (nSPS) is 24.7. The molecule has 3 rings (SSSR count). The summed E-state index contributed by atoms with van der Waals surface area (Å²) in [6.45, 7) is 7.43. The Bertz CT molecular complexity index is 549. The van der Waals surface area contributed by atoms with Crippen molar-refractivity contribution in [2.24, 2.45) is 5.41 Å². The Hall–Kier alpha value is -1.92. The minimum Gasteiger partial charge on any atom is -0.333 e. The fraction of sp³-hybridized carbons (Fsp3) is 0.733. The molecule has 0 aliphatic carbocycles. The van der Waals surface area contributed by atoms with Crippen molar-refractivity contribution < 1.29 is 9.59 Å². The number of aromatic amines is 1. The first-order chi connectivity index (χ1) is 10.3. The van der Waals surface area contributed by atoms with Crippen molar-refractivity contribution >= 4 is 11.8 Å². The second kappa shape index (κ2) is 5.37. The molecular formula is C15H23N5O2. The van der Waals surface area contributed by atoms with E-state index in [-0.39, 0.29) is 29.3 Å². The molecule has 2 unspecified atom stereocenters. The van der Waals surface area contributed by atoms with Crippen LogP contribution in [-0.4, -0.2) is 62.2 Å². The first kappa shape index (κ1) is 15.0. The lowest BCUT2D eigenvalue weighted by Crippen LogP contribution is -2.57. The topological polar surface area (TPSA) is 82.2 Å². The van der Waals surface area contributed by atoms with Crippen molar-refractivity contribution in [3.05, 3.63) is 11.9 Å². The molecule has 120 valence electrons. The fourth-order valence-corrected chi connectivity index (χ4v) is 3.49. The van der Waals surface area contributed by atoms with E-state index >= 15 is 0 Å². The summed E-state index contributed by atoms with van der Waals surface area (Å²) >= 11 is 0. The van der Waals surface area contributed by atoms with E-state index in [1.165, 1.54) is 6.20 Å². The Kier molecular flexibility index (Phi) is 3.66. The molecule has 7 heteroatoms. The van der Waals surface area contributed by atoms with Gasteiger partial charge in [-0.1, -0.05) is 26.0 Å². The van der Waals surface area contributed by atoms with Gasteiger partial charge in [0.1, 0.15) is 0 Å². The van der Waals surface area contributed by atoms with Gasteiger partial charge in [0.15, 0.2) is 5.69 Å². The SMILES string of the molecule is CC(C)(C)CC(=O)N1C2CCC1CN(C(=O)c1c[nH]nn1)C2. The van der Waals surface area contributed by atoms with Gasteiger partial charge in [0, 0.05) is 31.6 Å². The van der Waals surface area contributed by atoms with Crippen LogP contribution < -0.4 is 0 Å². The lowest BCUT2D eigenvalue weighted by molar-refractivity contribution is -0.138. The molecule has 2 fully saturated rings. The van der Waals surface area contributed by atoms with E-state index in [4.69, 9.17) is 0 Å². The van der Waals surface area contributed by atoms with Crippen molar-refractivity contribution in [2.45, 2.75) is 52.1 Å². The van der Waals surface area contributed by atoms with Gasteiger partial charge in [-0.05, 0) is 18.3 Å². The van der Waals surface area contributed by atoms with E-state index in [1.807, 2.05) is 4.90 Å². The highest BCUT2D eigenvalue weighted by molar-refractivity contribution is 5.92. The summed E-state index contributed by atoms with van der Waals surface area (Å²) in [6, 6.07) is 0.286. The highest BCUT2D eigenvalue weighted by Gasteiger charge is 2.44. The molecule has 22 heavy (non-hydrogen) atoms. The molecular weight excluding hydrogens is 282 g/mol. The predicted molar refractivity (Wildman–Crippen MR) is 80.0 cm³/mol. The summed E-state index contributed by atoms with van der Waals surface area (Å²) in [6.07, 6.45) is 4.02. The molecule has 3 heterocycles. The van der Waals surface area contributed by atoms with Gasteiger partial charge >= 0.3 is 0 Å². The van der Waals surface area contributed by atoms with Crippen LogP contribution in [0.25, 0.3) is 0 Å². The Morgan fingerprint density at radius 3 is 2.41 bits per heavy atom. The maximum absolute atomic E-state index is 12.6. The summed E-state index contributed by atoms with van der Waals surface area (Å²) < 4.78 is 0. The number of H-pyrrole nitrogens is 1. The average Bonchev–Trinajstić information content (AvgIpc) is 3.03. The lowest BCUT2D eigenvalue weighted by atomic mass is 9.91. The first-order valence-electron chi connectivity index (χ1n) is 7.82. The van der Waals surface area contributed by atoms with Gasteiger partial charge in [-0.25, -0.2) is 0 Å². The summed E-state index contributed by atoms with van der Waals surface area (Å²) in [5.41, 5.74) is 0.332. The van der Waals surface area contributed by atoms with E-state index < -0.39 is 0 Å². The number of carbonyl (C=O) groups is 2. The molecule has 2 bridgehead atoms. The van der Waals surface area contributed by atoms with Crippen molar-refractivity contribution in [2.75, 3.05) is 13.1 Å². The minimum atomic E-state index is -0.103. The molecule has 2 amide bonds. The smallest absolute Gasteiger partial charge is 0.276 e. The van der Waals surface area contributed by atoms with Gasteiger partial charge in [0.25, 0.3) is 5.91 Å². The largest absolute Gasteiger partial charge is 0.333 e. The van der Waals surface area contributed by atoms with Gasteiger partial charge in [0.05, 0.1) is 6.20 Å². The summed E-state index contributed by atoms with van der Waals surface area (Å²) in [5, 5.41) is 9.94. The monoisotopic (exact) mass is 305 g/mol. The Labute approximate surface area is 130 Å². The van der Waals surface area contributed by atoms with E-state index in [0.717, 1.165) is 12.8 Å². The summed E-state index contributed by atoms with van der Waals surface area (Å²) in [5.74, 6) is 0.113. The van der Waals surface area contributed by atoms with Crippen LogP contribution in [0.1, 0.15) is 50.5 Å². The van der Waals surface area contributed by atoms with Crippen molar-refractivity contribution in [1.82, 2.24) is 25.2 Å². The molecule has 2 aliphatic rings. The number of nitrogens with zero attached hydrogens (tertiary/aromatic N) is 4. The molecule has 2 atom stereocenters. The molecule has 1 N–H and O–H groups in total. The molecule has 0 aromatic carbocycles. The number of carbonyl (C=O) groups excluding carboxylic acids is 2. The van der Waals surface area contributed by atoms with Crippen LogP contribution in [0, 0.1) is 5.41 Å². The minimum absolute atomic E-state index is 0.00973. The number of hydrogen-bond acceptors (Lipinski definition) is 4. The lowest BCUT2D eigenvalue weighted by Gasteiger charge is -2.41. The molecule has 1 aromatic rings. The zero-order valence-electron chi connectivity index (χ0n) is 13.4. The Morgan fingerprint density at radius 1 is 1.27 bits per heavy atom. The average molecular weight is 305 g/mol. The summed E-state index contributed by atoms with van der Waals surface area (Å²) in [7, 11) is 0. The standard InChI is InChI=1S/C15H23N5O2/c1-15(2,3)6-13(21)20-10-4-5-11(20)9-19(8-10)14(22)12-7-16-18-17-12/h7,10-11H,4-6,8-9H2,1-3H3,(H,16,17,18). The molecule has 7 nitrogen and oxygen atoms in total. The number of likely N-dealkylation sites (tertiary alicyclic amines) is 1. The van der Waals surface area contributed by atoms with Crippen LogP contribution in [0.2, 0.25) is 0 Å². The molecule has 0 spiro atoms. The van der Waals surface area contributed by atoms with Crippen LogP contribution in [0.3, 0.4) is 0 Å². The predicted octanol–water partition coefficient (Wildman–Crippen LogP) is 1.06. The van der Waals surface area contributed by atoms with E-state index in [1.54, 1.807) is 4.90 Å². The number of nitrogens with one attached hydrogen (secondary N) is 1. The van der Waals surface area contributed by atoms with Crippen LogP contribution in [0.4, 0.5) is 0 Å². The third-order valence-corrected chi connectivity index (χ3v) is 4.37. The second-order valence-corrected chi connectivity index (χ2v) is 7.49. The Balaban J connectivity index is 1.69. The van der Waals surface area contributed by atoms with Crippen molar-refractivity contribution in [1.29, 1.82) is 0 Å². The number of amides is 2. The molecule has 2 saturated heterocycles. The van der Waals surface area contributed by atoms with E-state index in [2.05, 4.69) is 36.2 Å². The number of hydrogen-bond donors (Lipinski definition) is 1. The van der Waals surface area contributed by atoms with Gasteiger partial charge in [0.2, 0.25) is 5.91 Å². The van der Waals surface area contributed by atoms with Crippen LogP contribution in [0.15, 0.2) is 6.20 Å². The first-order valence-corrected chi connectivity index (χ1v) is 7.82. The van der Waals surface area contributed by atoms with E-state index in [9.17, 15) is 9.59 Å². The van der Waals surface area contributed by atoms with Crippen LogP contribution >= 0.6 is 0 Å². The zero-order chi connectivity index (χ0) is 15.9. The van der Waals surface area contributed by atoms with Gasteiger partial charge in [-0.2, -0.15) is 0 Å². The fourth-order valence-electron chi connectivity index (χ4n) is 3.49. The molecule has 2 aliphatic heterocycles. The number of piperazine rings is 1. The van der Waals surface area contributed by atoms with Crippen LogP contribution in [-0.2, 0) is 4.79 Å². The highest BCUT2D eigenvalue weighted by atomic mass is 16.2. The van der Waals surface area contributed by atoms with Crippen molar-refractivity contribution in [3.8, 4) is 0 Å². The number of fused-ring (bicyclic) bond motifs is 2. The van der Waals surface area contributed by atoms with Gasteiger partial charge < -0.3 is 9.80 Å². The Morgan fingerprint density at radius 2 is 1.91 bits per heavy atom. The van der Waals surface area contributed by atoms with Crippen LogP contribution in [0.5, 0.6) is 0 Å². The molecule has 1 aromatic heterocycles. The number of aromatic nitrogens is 3. The maximum Gasteiger partial charge on any atom is 0.276 e. The van der Waals surface area contributed by atoms with Gasteiger partial charge in [-0.15, -0.1) is 5.10 Å². The maximum atomic E-state index is 12.6. The summed E-state index contributed by atoms with van der Waals surface area (Å²) in [4.78, 5) is 28.8. The second-order valence-electron chi connectivity index (χ2n) is 7.49. The van der Waals surface area contributed by atoms with Crippen molar-refractivity contribution in [3.63, 3.8) is 0 Å².